The van der Waals surface area contributed by atoms with Gasteiger partial charge >= 0.3 is 12.4 Å². The van der Waals surface area contributed by atoms with Crippen molar-refractivity contribution < 1.29 is 31.1 Å². The Balaban J connectivity index is 2.13. The van der Waals surface area contributed by atoms with Gasteiger partial charge in [-0.15, -0.1) is 5.10 Å². The quantitative estimate of drug-likeness (QED) is 0.291. The molecule has 0 radical (unpaired) electrons. The van der Waals surface area contributed by atoms with Crippen molar-refractivity contribution in [2.45, 2.75) is 52.4 Å². The Labute approximate surface area is 191 Å². The highest BCUT2D eigenvalue weighted by Crippen LogP contribution is 2.41. The molecule has 0 saturated heterocycles. The zero-order valence-electron chi connectivity index (χ0n) is 18.8. The molecule has 0 aliphatic carbocycles. The molecular formula is C23H22F6N4O. The molecule has 3 rings (SSSR count). The number of Topliss-reactive ketones (excluding diaryl/α,β-unsaturated/α-hetero) is 1. The summed E-state index contributed by atoms with van der Waals surface area (Å²) in [6.45, 7) is 5.53. The van der Waals surface area contributed by atoms with E-state index in [-0.39, 0.29) is 11.5 Å². The number of carbonyl (C=O) groups is 1. The minimum atomic E-state index is -4.60. The van der Waals surface area contributed by atoms with Gasteiger partial charge in [0.15, 0.2) is 11.6 Å². The fraction of sp³-hybridized carbons (Fsp3) is 0.391. The molecule has 34 heavy (non-hydrogen) atoms. The molecule has 0 aliphatic heterocycles. The van der Waals surface area contributed by atoms with E-state index >= 15 is 0 Å². The van der Waals surface area contributed by atoms with E-state index in [9.17, 15) is 31.1 Å². The SMILES string of the molecule is CC(C)c1nnnn1-c1cc(C(=O)CC(C)(C)C(F)(F)F)cc(-c2ccc(C(F)(F)F)cc2)c1. The summed E-state index contributed by atoms with van der Waals surface area (Å²) in [6, 6.07) is 8.57. The molecule has 1 aromatic heterocycles. The summed E-state index contributed by atoms with van der Waals surface area (Å²) in [6.07, 6.45) is -9.93. The van der Waals surface area contributed by atoms with Crippen LogP contribution in [0.25, 0.3) is 16.8 Å². The Morgan fingerprint density at radius 3 is 2.09 bits per heavy atom. The predicted octanol–water partition coefficient (Wildman–Crippen LogP) is 6.63. The lowest BCUT2D eigenvalue weighted by atomic mass is 9.84. The van der Waals surface area contributed by atoms with E-state index in [0.29, 0.717) is 22.6 Å². The minimum Gasteiger partial charge on any atom is -0.294 e. The van der Waals surface area contributed by atoms with Crippen molar-refractivity contribution in [2.24, 2.45) is 5.41 Å². The first kappa shape index (κ1) is 25.4. The van der Waals surface area contributed by atoms with Crippen LogP contribution in [0, 0.1) is 5.41 Å². The Kier molecular flexibility index (Phi) is 6.60. The molecule has 0 atom stereocenters. The normalized spacial score (nSPS) is 12.9. The van der Waals surface area contributed by atoms with Crippen molar-refractivity contribution in [1.82, 2.24) is 20.2 Å². The number of tetrazole rings is 1. The zero-order chi connectivity index (χ0) is 25.5. The first-order chi connectivity index (χ1) is 15.6. The monoisotopic (exact) mass is 484 g/mol. The summed E-state index contributed by atoms with van der Waals surface area (Å²) >= 11 is 0. The van der Waals surface area contributed by atoms with E-state index in [1.165, 1.54) is 28.9 Å². The Hall–Kier alpha value is -3.24. The van der Waals surface area contributed by atoms with Crippen molar-refractivity contribution in [1.29, 1.82) is 0 Å². The molecule has 182 valence electrons. The fourth-order valence-electron chi connectivity index (χ4n) is 3.25. The van der Waals surface area contributed by atoms with Gasteiger partial charge in [0.2, 0.25) is 0 Å². The van der Waals surface area contributed by atoms with Gasteiger partial charge in [0, 0.05) is 17.9 Å². The number of aromatic nitrogens is 4. The largest absolute Gasteiger partial charge is 0.416 e. The van der Waals surface area contributed by atoms with Crippen LogP contribution in [0.5, 0.6) is 0 Å². The first-order valence-electron chi connectivity index (χ1n) is 10.3. The lowest BCUT2D eigenvalue weighted by Crippen LogP contribution is -2.34. The lowest BCUT2D eigenvalue weighted by molar-refractivity contribution is -0.210. The third-order valence-corrected chi connectivity index (χ3v) is 5.41. The molecule has 2 aromatic carbocycles. The molecule has 11 heteroatoms. The number of halogens is 6. The topological polar surface area (TPSA) is 60.7 Å². The van der Waals surface area contributed by atoms with Gasteiger partial charge in [-0.2, -0.15) is 31.0 Å². The highest BCUT2D eigenvalue weighted by molar-refractivity contribution is 5.98. The van der Waals surface area contributed by atoms with Crippen LogP contribution in [-0.2, 0) is 6.18 Å². The number of nitrogens with zero attached hydrogens (tertiary/aromatic N) is 4. The second kappa shape index (κ2) is 8.84. The Bertz CT molecular complexity index is 1180. The van der Waals surface area contributed by atoms with Gasteiger partial charge in [-0.25, -0.2) is 0 Å². The summed E-state index contributed by atoms with van der Waals surface area (Å²) in [5, 5.41) is 11.5. The fourth-order valence-corrected chi connectivity index (χ4v) is 3.25. The summed E-state index contributed by atoms with van der Waals surface area (Å²) in [4.78, 5) is 12.9. The molecule has 5 nitrogen and oxygen atoms in total. The molecule has 0 unspecified atom stereocenters. The molecule has 0 N–H and O–H groups in total. The van der Waals surface area contributed by atoms with Crippen LogP contribution in [0.1, 0.15) is 61.8 Å². The Morgan fingerprint density at radius 2 is 1.56 bits per heavy atom. The van der Waals surface area contributed by atoms with Gasteiger partial charge in [-0.05, 0) is 51.9 Å². The summed E-state index contributed by atoms with van der Waals surface area (Å²) < 4.78 is 80.3. The molecular weight excluding hydrogens is 462 g/mol. The number of hydrogen-bond acceptors (Lipinski definition) is 4. The highest BCUT2D eigenvalue weighted by atomic mass is 19.4. The number of benzene rings is 2. The van der Waals surface area contributed by atoms with Crippen LogP contribution in [0.3, 0.4) is 0 Å². The van der Waals surface area contributed by atoms with E-state index in [1.54, 1.807) is 6.07 Å². The number of ketones is 1. The van der Waals surface area contributed by atoms with Crippen LogP contribution < -0.4 is 0 Å². The van der Waals surface area contributed by atoms with Crippen molar-refractivity contribution >= 4 is 5.78 Å². The van der Waals surface area contributed by atoms with Crippen LogP contribution in [-0.4, -0.2) is 32.2 Å². The van der Waals surface area contributed by atoms with Gasteiger partial charge in [-0.1, -0.05) is 39.8 Å². The van der Waals surface area contributed by atoms with Crippen molar-refractivity contribution in [3.8, 4) is 16.8 Å². The van der Waals surface area contributed by atoms with Gasteiger partial charge in [0.05, 0.1) is 16.7 Å². The third-order valence-electron chi connectivity index (χ3n) is 5.41. The molecule has 0 bridgehead atoms. The Morgan fingerprint density at radius 1 is 0.941 bits per heavy atom. The molecule has 0 aliphatic rings. The maximum atomic E-state index is 13.4. The maximum Gasteiger partial charge on any atom is 0.416 e. The van der Waals surface area contributed by atoms with Crippen LogP contribution in [0.15, 0.2) is 42.5 Å². The van der Waals surface area contributed by atoms with Gasteiger partial charge < -0.3 is 0 Å². The second-order valence-corrected chi connectivity index (χ2v) is 8.93. The highest BCUT2D eigenvalue weighted by Gasteiger charge is 2.48. The number of alkyl halides is 6. The minimum absolute atomic E-state index is 0.0325. The van der Waals surface area contributed by atoms with Gasteiger partial charge in [-0.3, -0.25) is 4.79 Å². The summed E-state index contributed by atoms with van der Waals surface area (Å²) in [5.74, 6) is -0.442. The molecule has 0 fully saturated rings. The maximum absolute atomic E-state index is 13.4. The lowest BCUT2D eigenvalue weighted by Gasteiger charge is -2.27. The first-order valence-corrected chi connectivity index (χ1v) is 10.3. The zero-order valence-corrected chi connectivity index (χ0v) is 18.8. The molecule has 3 aromatic rings. The number of rotatable bonds is 6. The van der Waals surface area contributed by atoms with E-state index in [4.69, 9.17) is 0 Å². The molecule has 0 saturated carbocycles. The average Bonchev–Trinajstić information content (AvgIpc) is 3.22. The van der Waals surface area contributed by atoms with E-state index in [0.717, 1.165) is 26.0 Å². The average molecular weight is 484 g/mol. The third kappa shape index (κ3) is 5.28. The molecule has 0 amide bonds. The second-order valence-electron chi connectivity index (χ2n) is 8.93. The molecule has 0 spiro atoms. The van der Waals surface area contributed by atoms with Crippen molar-refractivity contribution in [3.05, 3.63) is 59.4 Å². The van der Waals surface area contributed by atoms with Crippen LogP contribution in [0.2, 0.25) is 0 Å². The molecule has 1 heterocycles. The smallest absolute Gasteiger partial charge is 0.294 e. The summed E-state index contributed by atoms with van der Waals surface area (Å²) in [7, 11) is 0. The van der Waals surface area contributed by atoms with Crippen LogP contribution in [0.4, 0.5) is 26.3 Å². The number of carbonyl (C=O) groups excluding carboxylic acids is 1. The predicted molar refractivity (Wildman–Crippen MR) is 112 cm³/mol. The standard InChI is InChI=1S/C23H22F6N4O/c1-13(2)20-30-31-32-33(20)18-10-15(14-5-7-17(8-6-14)22(24,25)26)9-16(11-18)19(34)12-21(3,4)23(27,28)29/h5-11,13H,12H2,1-4H3. The van der Waals surface area contributed by atoms with E-state index in [2.05, 4.69) is 15.5 Å². The van der Waals surface area contributed by atoms with Crippen molar-refractivity contribution in [3.63, 3.8) is 0 Å². The summed E-state index contributed by atoms with van der Waals surface area (Å²) in [5.41, 5.74) is -2.16. The van der Waals surface area contributed by atoms with Crippen molar-refractivity contribution in [2.75, 3.05) is 0 Å². The van der Waals surface area contributed by atoms with Gasteiger partial charge in [0.25, 0.3) is 0 Å². The number of hydrogen-bond donors (Lipinski definition) is 0. The van der Waals surface area contributed by atoms with Gasteiger partial charge in [0.1, 0.15) is 0 Å². The van der Waals surface area contributed by atoms with Crippen LogP contribution >= 0.6 is 0 Å². The van der Waals surface area contributed by atoms with E-state index < -0.39 is 35.5 Å². The van der Waals surface area contributed by atoms with E-state index in [1.807, 2.05) is 13.8 Å².